The van der Waals surface area contributed by atoms with Gasteiger partial charge in [-0.25, -0.2) is 9.97 Å². The van der Waals surface area contributed by atoms with Gasteiger partial charge in [-0.15, -0.1) is 0 Å². The molecule has 0 radical (unpaired) electrons. The molecule has 1 rings (SSSR count). The van der Waals surface area contributed by atoms with Gasteiger partial charge in [0, 0.05) is 5.92 Å². The summed E-state index contributed by atoms with van der Waals surface area (Å²) in [6.07, 6.45) is 2.81. The second kappa shape index (κ2) is 6.01. The van der Waals surface area contributed by atoms with Crippen molar-refractivity contribution in [3.63, 3.8) is 0 Å². The highest BCUT2D eigenvalue weighted by Crippen LogP contribution is 2.26. The summed E-state index contributed by atoms with van der Waals surface area (Å²) in [5.74, 6) is 0.130. The third-order valence-electron chi connectivity index (χ3n) is 2.34. The molecule has 0 saturated carbocycles. The Balaban J connectivity index is 2.80. The number of carbonyl (C=O) groups excluding carboxylic acids is 1. The van der Waals surface area contributed by atoms with E-state index in [9.17, 15) is 4.79 Å². The summed E-state index contributed by atoms with van der Waals surface area (Å²) in [7, 11) is 0. The molecule has 0 aromatic carbocycles. The van der Waals surface area contributed by atoms with Crippen molar-refractivity contribution in [2.75, 3.05) is 5.32 Å². The molecule has 0 atom stereocenters. The van der Waals surface area contributed by atoms with Crippen LogP contribution in [0.1, 0.15) is 26.7 Å². The predicted octanol–water partition coefficient (Wildman–Crippen LogP) is 3.16. The van der Waals surface area contributed by atoms with Crippen LogP contribution in [-0.4, -0.2) is 15.9 Å². The van der Waals surface area contributed by atoms with E-state index in [1.54, 1.807) is 0 Å². The van der Waals surface area contributed by atoms with E-state index in [-0.39, 0.29) is 27.8 Å². The van der Waals surface area contributed by atoms with Gasteiger partial charge in [0.1, 0.15) is 11.3 Å². The number of nitrogens with one attached hydrogen (secondary N) is 1. The fourth-order valence-electron chi connectivity index (χ4n) is 1.31. The first-order valence-electron chi connectivity index (χ1n) is 5.07. The summed E-state index contributed by atoms with van der Waals surface area (Å²) in [6, 6.07) is 0. The molecule has 0 aliphatic heterocycles. The van der Waals surface area contributed by atoms with E-state index in [4.69, 9.17) is 23.2 Å². The lowest BCUT2D eigenvalue weighted by molar-refractivity contribution is -0.120. The second-order valence-corrected chi connectivity index (χ2v) is 4.07. The molecule has 0 fully saturated rings. The molecule has 0 saturated heterocycles. The molecule has 1 aromatic rings. The average Bonchev–Trinajstić information content (AvgIpc) is 2.26. The minimum atomic E-state index is -0.0957. The number of aromatic nitrogens is 2. The van der Waals surface area contributed by atoms with E-state index in [2.05, 4.69) is 15.3 Å². The highest BCUT2D eigenvalue weighted by Gasteiger charge is 2.17. The van der Waals surface area contributed by atoms with Gasteiger partial charge in [-0.1, -0.05) is 37.0 Å². The molecule has 1 amide bonds. The summed E-state index contributed by atoms with van der Waals surface area (Å²) in [6.45, 7) is 3.92. The molecular formula is C10H13Cl2N3O. The number of hydrogen-bond acceptors (Lipinski definition) is 3. The fourth-order valence-corrected chi connectivity index (χ4v) is 1.59. The summed E-state index contributed by atoms with van der Waals surface area (Å²) in [4.78, 5) is 19.3. The highest BCUT2D eigenvalue weighted by molar-refractivity contribution is 6.42. The van der Waals surface area contributed by atoms with Gasteiger partial charge in [0.25, 0.3) is 0 Å². The largest absolute Gasteiger partial charge is 0.309 e. The van der Waals surface area contributed by atoms with Gasteiger partial charge < -0.3 is 5.32 Å². The molecule has 0 unspecified atom stereocenters. The molecule has 1 heterocycles. The molecule has 6 heteroatoms. The number of halogens is 2. The Bertz CT molecular complexity index is 380. The van der Waals surface area contributed by atoms with Crippen molar-refractivity contribution in [3.05, 3.63) is 16.5 Å². The van der Waals surface area contributed by atoms with E-state index >= 15 is 0 Å². The van der Waals surface area contributed by atoms with Crippen LogP contribution in [0.3, 0.4) is 0 Å². The van der Waals surface area contributed by atoms with E-state index in [0.717, 1.165) is 12.8 Å². The first-order valence-corrected chi connectivity index (χ1v) is 5.82. The van der Waals surface area contributed by atoms with E-state index in [1.807, 2.05) is 13.8 Å². The predicted molar refractivity (Wildman–Crippen MR) is 64.8 cm³/mol. The van der Waals surface area contributed by atoms with Crippen molar-refractivity contribution in [1.82, 2.24) is 9.97 Å². The Labute approximate surface area is 104 Å². The van der Waals surface area contributed by atoms with Crippen LogP contribution in [0.4, 0.5) is 5.82 Å². The number of rotatable bonds is 4. The SMILES string of the molecule is CCC(CC)C(=O)Nc1ncnc(Cl)c1Cl. The molecule has 88 valence electrons. The quantitative estimate of drug-likeness (QED) is 0.848. The van der Waals surface area contributed by atoms with Crippen molar-refractivity contribution in [1.29, 1.82) is 0 Å². The van der Waals surface area contributed by atoms with Gasteiger partial charge in [-0.2, -0.15) is 0 Å². The highest BCUT2D eigenvalue weighted by atomic mass is 35.5. The van der Waals surface area contributed by atoms with Gasteiger partial charge in [0.05, 0.1) is 0 Å². The molecule has 1 aromatic heterocycles. The lowest BCUT2D eigenvalue weighted by Gasteiger charge is -2.12. The smallest absolute Gasteiger partial charge is 0.228 e. The van der Waals surface area contributed by atoms with Gasteiger partial charge in [-0.3, -0.25) is 4.79 Å². The van der Waals surface area contributed by atoms with Crippen LogP contribution in [0.5, 0.6) is 0 Å². The van der Waals surface area contributed by atoms with Gasteiger partial charge in [-0.05, 0) is 12.8 Å². The maximum Gasteiger partial charge on any atom is 0.228 e. The molecule has 0 spiro atoms. The van der Waals surface area contributed by atoms with Crippen LogP contribution in [0.25, 0.3) is 0 Å². The Hall–Kier alpha value is -0.870. The zero-order valence-corrected chi connectivity index (χ0v) is 10.6. The van der Waals surface area contributed by atoms with Crippen molar-refractivity contribution in [3.8, 4) is 0 Å². The Morgan fingerprint density at radius 1 is 1.38 bits per heavy atom. The lowest BCUT2D eigenvalue weighted by Crippen LogP contribution is -2.22. The maximum atomic E-state index is 11.8. The Morgan fingerprint density at radius 2 is 2.00 bits per heavy atom. The van der Waals surface area contributed by atoms with Gasteiger partial charge in [0.15, 0.2) is 11.0 Å². The standard InChI is InChI=1S/C10H13Cl2N3O/c1-3-6(4-2)10(16)15-9-7(11)8(12)13-5-14-9/h5-6H,3-4H2,1-2H3,(H,13,14,15,16). The first-order chi connectivity index (χ1) is 7.60. The van der Waals surface area contributed by atoms with Crippen LogP contribution in [-0.2, 0) is 4.79 Å². The first kappa shape index (κ1) is 13.2. The Kier molecular flexibility index (Phi) is 4.96. The zero-order valence-electron chi connectivity index (χ0n) is 9.13. The number of hydrogen-bond donors (Lipinski definition) is 1. The monoisotopic (exact) mass is 261 g/mol. The number of anilines is 1. The topological polar surface area (TPSA) is 54.9 Å². The zero-order chi connectivity index (χ0) is 12.1. The molecule has 1 N–H and O–H groups in total. The van der Waals surface area contributed by atoms with Gasteiger partial charge in [0.2, 0.25) is 5.91 Å². The van der Waals surface area contributed by atoms with Crippen LogP contribution < -0.4 is 5.32 Å². The molecule has 0 bridgehead atoms. The van der Waals surface area contributed by atoms with Crippen LogP contribution in [0.2, 0.25) is 10.2 Å². The Morgan fingerprint density at radius 3 is 2.56 bits per heavy atom. The third-order valence-corrected chi connectivity index (χ3v) is 3.09. The molecule has 0 aliphatic rings. The van der Waals surface area contributed by atoms with Crippen LogP contribution >= 0.6 is 23.2 Å². The van der Waals surface area contributed by atoms with Crippen LogP contribution in [0, 0.1) is 5.92 Å². The van der Waals surface area contributed by atoms with Crippen molar-refractivity contribution in [2.24, 2.45) is 5.92 Å². The summed E-state index contributed by atoms with van der Waals surface area (Å²) < 4.78 is 0. The van der Waals surface area contributed by atoms with Crippen LogP contribution in [0.15, 0.2) is 6.33 Å². The normalized spacial score (nSPS) is 10.6. The number of carbonyl (C=O) groups is 1. The summed E-state index contributed by atoms with van der Waals surface area (Å²) >= 11 is 11.6. The van der Waals surface area contributed by atoms with Gasteiger partial charge >= 0.3 is 0 Å². The maximum absolute atomic E-state index is 11.8. The fraction of sp³-hybridized carbons (Fsp3) is 0.500. The lowest BCUT2D eigenvalue weighted by atomic mass is 10.0. The van der Waals surface area contributed by atoms with E-state index in [0.29, 0.717) is 0 Å². The second-order valence-electron chi connectivity index (χ2n) is 3.33. The van der Waals surface area contributed by atoms with Crippen molar-refractivity contribution in [2.45, 2.75) is 26.7 Å². The summed E-state index contributed by atoms with van der Waals surface area (Å²) in [5.41, 5.74) is 0. The minimum absolute atomic E-state index is 0.0372. The molecule has 16 heavy (non-hydrogen) atoms. The van der Waals surface area contributed by atoms with E-state index in [1.165, 1.54) is 6.33 Å². The molecule has 4 nitrogen and oxygen atoms in total. The number of amides is 1. The van der Waals surface area contributed by atoms with Crippen molar-refractivity contribution < 1.29 is 4.79 Å². The van der Waals surface area contributed by atoms with Crippen molar-refractivity contribution >= 4 is 34.9 Å². The molecular weight excluding hydrogens is 249 g/mol. The van der Waals surface area contributed by atoms with E-state index < -0.39 is 0 Å². The minimum Gasteiger partial charge on any atom is -0.309 e. The average molecular weight is 262 g/mol. The summed E-state index contributed by atoms with van der Waals surface area (Å²) in [5, 5.41) is 2.95. The molecule has 0 aliphatic carbocycles. The third kappa shape index (κ3) is 3.06. The number of nitrogens with zero attached hydrogens (tertiary/aromatic N) is 2.